The highest BCUT2D eigenvalue weighted by Gasteiger charge is 2.23. The number of hydrogen-bond donors (Lipinski definition) is 2. The number of rotatable bonds is 5. The minimum absolute atomic E-state index is 0.137. The molecule has 0 heterocycles. The van der Waals surface area contributed by atoms with E-state index in [2.05, 4.69) is 4.72 Å². The monoisotopic (exact) mass is 318 g/mol. The lowest BCUT2D eigenvalue weighted by atomic mass is 10.1. The molecule has 0 saturated carbocycles. The SMILES string of the molecule is Cc1cc(N)c(C)c(S(=O)(=O)NCC(C)S(C)=O)c1C. The Morgan fingerprint density at radius 1 is 1.30 bits per heavy atom. The molecule has 0 aromatic heterocycles. The largest absolute Gasteiger partial charge is 0.398 e. The summed E-state index contributed by atoms with van der Waals surface area (Å²) in [5, 5.41) is -0.243. The number of nitrogens with two attached hydrogens (primary N) is 1. The van der Waals surface area contributed by atoms with Crippen LogP contribution < -0.4 is 10.5 Å². The molecular formula is C13H22N2O3S2. The van der Waals surface area contributed by atoms with Crippen molar-refractivity contribution in [2.24, 2.45) is 0 Å². The fourth-order valence-corrected chi connectivity index (χ4v) is 3.98. The Balaban J connectivity index is 3.20. The topological polar surface area (TPSA) is 89.3 Å². The van der Waals surface area contributed by atoms with E-state index in [-0.39, 0.29) is 16.7 Å². The van der Waals surface area contributed by atoms with E-state index < -0.39 is 20.8 Å². The van der Waals surface area contributed by atoms with Crippen LogP contribution in [0.1, 0.15) is 23.6 Å². The van der Waals surface area contributed by atoms with Gasteiger partial charge in [-0.1, -0.05) is 0 Å². The molecule has 5 nitrogen and oxygen atoms in total. The van der Waals surface area contributed by atoms with Gasteiger partial charge in [-0.3, -0.25) is 4.21 Å². The highest BCUT2D eigenvalue weighted by atomic mass is 32.2. The van der Waals surface area contributed by atoms with Gasteiger partial charge >= 0.3 is 0 Å². The maximum absolute atomic E-state index is 12.4. The average Bonchev–Trinajstić information content (AvgIpc) is 2.33. The molecule has 0 aliphatic rings. The van der Waals surface area contributed by atoms with Gasteiger partial charge in [0, 0.05) is 34.5 Å². The predicted molar refractivity (Wildman–Crippen MR) is 83.8 cm³/mol. The van der Waals surface area contributed by atoms with Gasteiger partial charge in [-0.05, 0) is 50.5 Å². The predicted octanol–water partition coefficient (Wildman–Crippen LogP) is 1.24. The molecule has 0 saturated heterocycles. The van der Waals surface area contributed by atoms with E-state index in [9.17, 15) is 12.6 Å². The van der Waals surface area contributed by atoms with Crippen LogP contribution in [0.2, 0.25) is 0 Å². The zero-order valence-electron chi connectivity index (χ0n) is 12.5. The molecule has 1 aromatic rings. The second-order valence-electron chi connectivity index (χ2n) is 5.02. The van der Waals surface area contributed by atoms with Crippen LogP contribution in [0.25, 0.3) is 0 Å². The Labute approximate surface area is 123 Å². The smallest absolute Gasteiger partial charge is 0.241 e. The highest BCUT2D eigenvalue weighted by molar-refractivity contribution is 7.89. The lowest BCUT2D eigenvalue weighted by Crippen LogP contribution is -2.33. The molecule has 3 N–H and O–H groups in total. The number of nitrogens with one attached hydrogen (secondary N) is 1. The summed E-state index contributed by atoms with van der Waals surface area (Å²) >= 11 is 0. The van der Waals surface area contributed by atoms with Crippen molar-refractivity contribution in [2.75, 3.05) is 18.5 Å². The van der Waals surface area contributed by atoms with Gasteiger partial charge in [0.1, 0.15) is 0 Å². The van der Waals surface area contributed by atoms with Crippen LogP contribution in [0.5, 0.6) is 0 Å². The van der Waals surface area contributed by atoms with E-state index in [1.807, 2.05) is 6.92 Å². The lowest BCUT2D eigenvalue weighted by molar-refractivity contribution is 0.579. The quantitative estimate of drug-likeness (QED) is 0.799. The third-order valence-corrected chi connectivity index (χ3v) is 6.47. The zero-order chi connectivity index (χ0) is 15.7. The van der Waals surface area contributed by atoms with Gasteiger partial charge in [-0.15, -0.1) is 0 Å². The summed E-state index contributed by atoms with van der Waals surface area (Å²) in [7, 11) is -4.73. The molecule has 2 atom stereocenters. The molecule has 1 rings (SSSR count). The van der Waals surface area contributed by atoms with Crippen molar-refractivity contribution in [1.82, 2.24) is 4.72 Å². The third kappa shape index (κ3) is 3.59. The first-order valence-electron chi connectivity index (χ1n) is 6.26. The van der Waals surface area contributed by atoms with Crippen LogP contribution >= 0.6 is 0 Å². The van der Waals surface area contributed by atoms with Crippen LogP contribution in [0, 0.1) is 20.8 Å². The Morgan fingerprint density at radius 3 is 2.35 bits per heavy atom. The van der Waals surface area contributed by atoms with Crippen molar-refractivity contribution in [3.63, 3.8) is 0 Å². The van der Waals surface area contributed by atoms with Crippen molar-refractivity contribution in [3.05, 3.63) is 22.8 Å². The molecule has 0 fully saturated rings. The van der Waals surface area contributed by atoms with E-state index >= 15 is 0 Å². The van der Waals surface area contributed by atoms with Gasteiger partial charge in [0.05, 0.1) is 4.90 Å². The first kappa shape index (κ1) is 17.1. The fraction of sp³-hybridized carbons (Fsp3) is 0.538. The van der Waals surface area contributed by atoms with E-state index in [1.54, 1.807) is 33.1 Å². The minimum Gasteiger partial charge on any atom is -0.398 e. The summed E-state index contributed by atoms with van der Waals surface area (Å²) in [6.45, 7) is 7.16. The molecule has 114 valence electrons. The molecule has 0 radical (unpaired) electrons. The maximum atomic E-state index is 12.4. The van der Waals surface area contributed by atoms with Gasteiger partial charge in [-0.2, -0.15) is 0 Å². The van der Waals surface area contributed by atoms with Crippen molar-refractivity contribution < 1.29 is 12.6 Å². The number of sulfonamides is 1. The number of nitrogen functional groups attached to an aromatic ring is 1. The highest BCUT2D eigenvalue weighted by Crippen LogP contribution is 2.27. The third-order valence-electron chi connectivity index (χ3n) is 3.47. The van der Waals surface area contributed by atoms with E-state index in [0.29, 0.717) is 16.8 Å². The van der Waals surface area contributed by atoms with Crippen molar-refractivity contribution in [1.29, 1.82) is 0 Å². The van der Waals surface area contributed by atoms with Crippen LogP contribution in [0.3, 0.4) is 0 Å². The Hall–Kier alpha value is -0.920. The van der Waals surface area contributed by atoms with E-state index in [1.165, 1.54) is 0 Å². The molecule has 20 heavy (non-hydrogen) atoms. The van der Waals surface area contributed by atoms with E-state index in [0.717, 1.165) is 5.56 Å². The maximum Gasteiger partial charge on any atom is 0.241 e. The van der Waals surface area contributed by atoms with Crippen molar-refractivity contribution in [3.8, 4) is 0 Å². The molecule has 0 amide bonds. The van der Waals surface area contributed by atoms with Crippen LogP contribution in [-0.4, -0.2) is 30.7 Å². The zero-order valence-corrected chi connectivity index (χ0v) is 14.1. The number of aryl methyl sites for hydroxylation is 1. The molecule has 1 aromatic carbocycles. The first-order chi connectivity index (χ1) is 9.08. The minimum atomic E-state index is -3.66. The number of anilines is 1. The van der Waals surface area contributed by atoms with Crippen LogP contribution in [0.15, 0.2) is 11.0 Å². The van der Waals surface area contributed by atoms with Gasteiger partial charge < -0.3 is 5.73 Å². The van der Waals surface area contributed by atoms with Gasteiger partial charge in [0.2, 0.25) is 10.0 Å². The second-order valence-corrected chi connectivity index (χ2v) is 8.53. The summed E-state index contributed by atoms with van der Waals surface area (Å²) in [5.41, 5.74) is 8.38. The lowest BCUT2D eigenvalue weighted by Gasteiger charge is -2.17. The summed E-state index contributed by atoms with van der Waals surface area (Å²) < 4.78 is 38.7. The summed E-state index contributed by atoms with van der Waals surface area (Å²) in [6, 6.07) is 1.77. The molecule has 0 aliphatic heterocycles. The number of benzene rings is 1. The Morgan fingerprint density at radius 2 is 1.85 bits per heavy atom. The second kappa shape index (κ2) is 6.24. The van der Waals surface area contributed by atoms with Crippen LogP contribution in [0.4, 0.5) is 5.69 Å². The first-order valence-corrected chi connectivity index (χ1v) is 9.36. The summed E-state index contributed by atoms with van der Waals surface area (Å²) in [6.07, 6.45) is 1.56. The fourth-order valence-electron chi connectivity index (χ4n) is 1.86. The Bertz CT molecular complexity index is 613. The molecule has 0 bridgehead atoms. The molecule has 2 unspecified atom stereocenters. The van der Waals surface area contributed by atoms with Gasteiger partial charge in [-0.25, -0.2) is 13.1 Å². The Kier molecular flexibility index (Phi) is 5.34. The van der Waals surface area contributed by atoms with Crippen LogP contribution in [-0.2, 0) is 20.8 Å². The normalized spacial score (nSPS) is 15.1. The standard InChI is InChI=1S/C13H22N2O3S2/c1-8-6-12(14)11(4)13(10(8)3)20(17,18)15-7-9(2)19(5)16/h6,9,15H,7,14H2,1-5H3. The van der Waals surface area contributed by atoms with Gasteiger partial charge in [0.15, 0.2) is 0 Å². The molecule has 7 heteroatoms. The summed E-state index contributed by atoms with van der Waals surface area (Å²) in [5.74, 6) is 0. The molecular weight excluding hydrogens is 296 g/mol. The summed E-state index contributed by atoms with van der Waals surface area (Å²) in [4.78, 5) is 0.226. The van der Waals surface area contributed by atoms with Crippen molar-refractivity contribution in [2.45, 2.75) is 37.8 Å². The number of hydrogen-bond acceptors (Lipinski definition) is 4. The molecule has 0 aliphatic carbocycles. The van der Waals surface area contributed by atoms with Gasteiger partial charge in [0.25, 0.3) is 0 Å². The van der Waals surface area contributed by atoms with E-state index in [4.69, 9.17) is 5.73 Å². The van der Waals surface area contributed by atoms with Crippen molar-refractivity contribution >= 4 is 26.5 Å². The molecule has 0 spiro atoms. The average molecular weight is 318 g/mol.